The second kappa shape index (κ2) is 14.0. The van der Waals surface area contributed by atoms with E-state index in [2.05, 4.69) is 10.6 Å². The van der Waals surface area contributed by atoms with E-state index < -0.39 is 18.1 Å². The summed E-state index contributed by atoms with van der Waals surface area (Å²) in [6.07, 6.45) is 1.79. The van der Waals surface area contributed by atoms with Crippen LogP contribution in [0.4, 0.5) is 4.79 Å². The molecular weight excluding hydrogens is 448 g/mol. The minimum absolute atomic E-state index is 0.111. The Morgan fingerprint density at radius 3 is 2.45 bits per heavy atom. The predicted molar refractivity (Wildman–Crippen MR) is 124 cm³/mol. The van der Waals surface area contributed by atoms with E-state index in [0.29, 0.717) is 42.1 Å². The number of benzene rings is 2. The van der Waals surface area contributed by atoms with Gasteiger partial charge in [0.15, 0.2) is 0 Å². The number of unbranched alkanes of at least 4 members (excludes halogenated alkanes) is 2. The van der Waals surface area contributed by atoms with Crippen LogP contribution >= 0.6 is 11.6 Å². The number of carboxylic acid groups (broad SMARTS) is 1. The number of rotatable bonds is 13. The number of carboxylic acids is 1. The zero-order valence-electron chi connectivity index (χ0n) is 18.5. The Morgan fingerprint density at radius 1 is 1.03 bits per heavy atom. The van der Waals surface area contributed by atoms with E-state index in [4.69, 9.17) is 21.1 Å². The van der Waals surface area contributed by atoms with Crippen molar-refractivity contribution in [2.75, 3.05) is 13.7 Å². The fourth-order valence-corrected chi connectivity index (χ4v) is 3.37. The number of carbonyl (C=O) groups excluding carboxylic acids is 2. The highest BCUT2D eigenvalue weighted by Crippen LogP contribution is 2.25. The molecule has 0 aliphatic rings. The number of hydrogen-bond donors (Lipinski definition) is 3. The second-order valence-corrected chi connectivity index (χ2v) is 7.84. The summed E-state index contributed by atoms with van der Waals surface area (Å²) in [5.74, 6) is -0.957. The van der Waals surface area contributed by atoms with Crippen molar-refractivity contribution in [3.8, 4) is 5.75 Å². The average molecular weight is 477 g/mol. The molecule has 0 saturated carbocycles. The van der Waals surface area contributed by atoms with Gasteiger partial charge in [-0.2, -0.15) is 0 Å². The lowest BCUT2D eigenvalue weighted by atomic mass is 10.1. The first-order valence-electron chi connectivity index (χ1n) is 10.7. The Bertz CT molecular complexity index is 922. The molecule has 2 amide bonds. The molecule has 33 heavy (non-hydrogen) atoms. The fourth-order valence-electron chi connectivity index (χ4n) is 3.09. The summed E-state index contributed by atoms with van der Waals surface area (Å²) in [5.41, 5.74) is 1.59. The molecule has 0 heterocycles. The van der Waals surface area contributed by atoms with E-state index in [0.717, 1.165) is 5.56 Å². The molecule has 9 heteroatoms. The van der Waals surface area contributed by atoms with Gasteiger partial charge in [0.1, 0.15) is 18.4 Å². The van der Waals surface area contributed by atoms with E-state index in [1.807, 2.05) is 30.3 Å². The Hall–Kier alpha value is -3.26. The van der Waals surface area contributed by atoms with Crippen molar-refractivity contribution in [2.45, 2.75) is 44.8 Å². The maximum Gasteiger partial charge on any atom is 0.407 e. The smallest absolute Gasteiger partial charge is 0.407 e. The van der Waals surface area contributed by atoms with Crippen LogP contribution in [0, 0.1) is 0 Å². The molecule has 0 saturated heterocycles. The summed E-state index contributed by atoms with van der Waals surface area (Å²) < 4.78 is 10.2. The van der Waals surface area contributed by atoms with Crippen LogP contribution in [0.3, 0.4) is 0 Å². The van der Waals surface area contributed by atoms with Crippen LogP contribution in [0.25, 0.3) is 0 Å². The number of alkyl carbamates (subject to hydrolysis) is 1. The van der Waals surface area contributed by atoms with E-state index in [9.17, 15) is 19.5 Å². The van der Waals surface area contributed by atoms with Gasteiger partial charge in [-0.3, -0.25) is 4.79 Å². The van der Waals surface area contributed by atoms with Crippen molar-refractivity contribution >= 4 is 29.6 Å². The first-order valence-corrected chi connectivity index (χ1v) is 11.1. The molecule has 0 aliphatic heterocycles. The largest absolute Gasteiger partial charge is 0.495 e. The molecule has 0 unspecified atom stereocenters. The van der Waals surface area contributed by atoms with Crippen molar-refractivity contribution in [3.05, 3.63) is 64.7 Å². The van der Waals surface area contributed by atoms with Gasteiger partial charge in [-0.05, 0) is 36.1 Å². The SMILES string of the molecule is COc1ccc(C[C@@H](NC(=O)CCCCCNC(=O)OCc2ccccc2)C(=O)O)cc1Cl. The quantitative estimate of drug-likeness (QED) is 0.377. The summed E-state index contributed by atoms with van der Waals surface area (Å²) in [6.45, 7) is 0.644. The van der Waals surface area contributed by atoms with Gasteiger partial charge in [0.05, 0.1) is 12.1 Å². The summed E-state index contributed by atoms with van der Waals surface area (Å²) in [6, 6.07) is 13.3. The number of carbonyl (C=O) groups is 3. The fraction of sp³-hybridized carbons (Fsp3) is 0.375. The molecule has 2 aromatic rings. The molecule has 1 atom stereocenters. The molecule has 0 spiro atoms. The molecule has 0 aromatic heterocycles. The topological polar surface area (TPSA) is 114 Å². The maximum absolute atomic E-state index is 12.2. The Balaban J connectivity index is 1.62. The van der Waals surface area contributed by atoms with Gasteiger partial charge in [0.25, 0.3) is 0 Å². The Kier molecular flexibility index (Phi) is 11.0. The molecule has 0 bridgehead atoms. The van der Waals surface area contributed by atoms with Crippen LogP contribution in [0.2, 0.25) is 5.02 Å². The minimum atomic E-state index is -1.12. The van der Waals surface area contributed by atoms with E-state index >= 15 is 0 Å². The average Bonchev–Trinajstić information content (AvgIpc) is 2.80. The first-order chi connectivity index (χ1) is 15.9. The highest BCUT2D eigenvalue weighted by atomic mass is 35.5. The molecule has 3 N–H and O–H groups in total. The number of amides is 2. The number of halogens is 1. The summed E-state index contributed by atoms with van der Waals surface area (Å²) in [5, 5.41) is 15.0. The van der Waals surface area contributed by atoms with Gasteiger partial charge in [0, 0.05) is 19.4 Å². The third kappa shape index (κ3) is 9.82. The van der Waals surface area contributed by atoms with E-state index in [1.165, 1.54) is 7.11 Å². The van der Waals surface area contributed by atoms with Crippen LogP contribution in [0.1, 0.15) is 36.8 Å². The molecule has 0 fully saturated rings. The number of ether oxygens (including phenoxy) is 2. The maximum atomic E-state index is 12.2. The molecular formula is C24H29ClN2O6. The highest BCUT2D eigenvalue weighted by Gasteiger charge is 2.20. The third-order valence-electron chi connectivity index (χ3n) is 4.85. The van der Waals surface area contributed by atoms with Gasteiger partial charge < -0.3 is 25.2 Å². The first kappa shape index (κ1) is 26.0. The third-order valence-corrected chi connectivity index (χ3v) is 5.15. The Morgan fingerprint density at radius 2 is 1.79 bits per heavy atom. The zero-order valence-corrected chi connectivity index (χ0v) is 19.3. The van der Waals surface area contributed by atoms with Gasteiger partial charge in [-0.25, -0.2) is 9.59 Å². The van der Waals surface area contributed by atoms with Crippen LogP contribution in [-0.4, -0.2) is 42.8 Å². The highest BCUT2D eigenvalue weighted by molar-refractivity contribution is 6.32. The molecule has 2 aromatic carbocycles. The van der Waals surface area contributed by atoms with Gasteiger partial charge >= 0.3 is 12.1 Å². The van der Waals surface area contributed by atoms with Crippen molar-refractivity contribution in [1.82, 2.24) is 10.6 Å². The van der Waals surface area contributed by atoms with Crippen LogP contribution in [0.15, 0.2) is 48.5 Å². The summed E-state index contributed by atoms with van der Waals surface area (Å²) in [7, 11) is 1.49. The predicted octanol–water partition coefficient (Wildman–Crippen LogP) is 3.95. The van der Waals surface area contributed by atoms with Crippen molar-refractivity contribution < 1.29 is 29.0 Å². The summed E-state index contributed by atoms with van der Waals surface area (Å²) >= 11 is 6.08. The van der Waals surface area contributed by atoms with Gasteiger partial charge in [-0.1, -0.05) is 54.4 Å². The zero-order chi connectivity index (χ0) is 24.1. The van der Waals surface area contributed by atoms with Crippen molar-refractivity contribution in [2.24, 2.45) is 0 Å². The molecule has 178 valence electrons. The summed E-state index contributed by atoms with van der Waals surface area (Å²) in [4.78, 5) is 35.4. The standard InChI is InChI=1S/C24H29ClN2O6/c1-32-21-12-11-18(14-19(21)25)15-20(23(29)30)27-22(28)10-6-3-7-13-26-24(31)33-16-17-8-4-2-5-9-17/h2,4-5,8-9,11-12,14,20H,3,6-7,10,13,15-16H2,1H3,(H,26,31)(H,27,28)(H,29,30)/t20-/m1/s1. The minimum Gasteiger partial charge on any atom is -0.495 e. The van der Waals surface area contributed by atoms with E-state index in [-0.39, 0.29) is 25.4 Å². The van der Waals surface area contributed by atoms with Gasteiger partial charge in [-0.15, -0.1) is 0 Å². The van der Waals surface area contributed by atoms with Crippen molar-refractivity contribution in [3.63, 3.8) is 0 Å². The molecule has 0 aliphatic carbocycles. The van der Waals surface area contributed by atoms with Crippen LogP contribution in [-0.2, 0) is 27.4 Å². The van der Waals surface area contributed by atoms with Crippen LogP contribution in [0.5, 0.6) is 5.75 Å². The molecule has 0 radical (unpaired) electrons. The van der Waals surface area contributed by atoms with Gasteiger partial charge in [0.2, 0.25) is 5.91 Å². The van der Waals surface area contributed by atoms with E-state index in [1.54, 1.807) is 18.2 Å². The number of hydrogen-bond acceptors (Lipinski definition) is 5. The lowest BCUT2D eigenvalue weighted by molar-refractivity contribution is -0.141. The lowest BCUT2D eigenvalue weighted by Crippen LogP contribution is -2.42. The Labute approximate surface area is 198 Å². The number of nitrogens with one attached hydrogen (secondary N) is 2. The molecule has 2 rings (SSSR count). The molecule has 8 nitrogen and oxygen atoms in total. The normalized spacial score (nSPS) is 11.3. The van der Waals surface area contributed by atoms with Crippen molar-refractivity contribution in [1.29, 1.82) is 0 Å². The number of methoxy groups -OCH3 is 1. The van der Waals surface area contributed by atoms with Crippen LogP contribution < -0.4 is 15.4 Å². The lowest BCUT2D eigenvalue weighted by Gasteiger charge is -2.15. The monoisotopic (exact) mass is 476 g/mol. The number of aliphatic carboxylic acids is 1. The second-order valence-electron chi connectivity index (χ2n) is 7.43.